The maximum Gasteiger partial charge on any atom is 0.148 e. The van der Waals surface area contributed by atoms with Gasteiger partial charge in [-0.2, -0.15) is 5.10 Å². The Balaban J connectivity index is 2.36. The van der Waals surface area contributed by atoms with Crippen LogP contribution in [0.15, 0.2) is 18.3 Å². The standard InChI is InChI=1S/C11H19N3O/c1-3-9(4-2)10(15)8-12-11-6-5-7-13-14-11/h5-7,9-10,15H,3-4,8H2,1-2H3,(H,12,14). The van der Waals surface area contributed by atoms with E-state index in [1.165, 1.54) is 0 Å². The maximum absolute atomic E-state index is 9.86. The molecule has 1 unspecified atom stereocenters. The van der Waals surface area contributed by atoms with Gasteiger partial charge in [-0.25, -0.2) is 0 Å². The third kappa shape index (κ3) is 3.83. The Labute approximate surface area is 90.7 Å². The van der Waals surface area contributed by atoms with E-state index in [4.69, 9.17) is 0 Å². The van der Waals surface area contributed by atoms with Crippen molar-refractivity contribution in [1.82, 2.24) is 10.2 Å². The molecule has 0 saturated carbocycles. The summed E-state index contributed by atoms with van der Waals surface area (Å²) in [5.41, 5.74) is 0. The summed E-state index contributed by atoms with van der Waals surface area (Å²) in [6.07, 6.45) is 3.31. The van der Waals surface area contributed by atoms with Gasteiger partial charge in [0.2, 0.25) is 0 Å². The van der Waals surface area contributed by atoms with E-state index in [-0.39, 0.29) is 6.10 Å². The molecule has 0 aliphatic rings. The molecule has 0 spiro atoms. The quantitative estimate of drug-likeness (QED) is 0.748. The lowest BCUT2D eigenvalue weighted by Crippen LogP contribution is -2.27. The molecule has 0 aromatic carbocycles. The summed E-state index contributed by atoms with van der Waals surface area (Å²) >= 11 is 0. The molecule has 1 heterocycles. The summed E-state index contributed by atoms with van der Waals surface area (Å²) in [5, 5.41) is 20.6. The van der Waals surface area contributed by atoms with Gasteiger partial charge in [-0.1, -0.05) is 26.7 Å². The molecule has 1 atom stereocenters. The van der Waals surface area contributed by atoms with Crippen LogP contribution in [0.25, 0.3) is 0 Å². The van der Waals surface area contributed by atoms with Gasteiger partial charge in [0.25, 0.3) is 0 Å². The average molecular weight is 209 g/mol. The van der Waals surface area contributed by atoms with Crippen LogP contribution in [0.4, 0.5) is 5.82 Å². The number of aromatic nitrogens is 2. The van der Waals surface area contributed by atoms with Crippen LogP contribution in [0.1, 0.15) is 26.7 Å². The molecule has 0 amide bonds. The molecule has 0 aliphatic carbocycles. The van der Waals surface area contributed by atoms with Crippen LogP contribution in [0, 0.1) is 5.92 Å². The fourth-order valence-electron chi connectivity index (χ4n) is 1.60. The minimum absolute atomic E-state index is 0.318. The van der Waals surface area contributed by atoms with Crippen molar-refractivity contribution in [3.8, 4) is 0 Å². The lowest BCUT2D eigenvalue weighted by Gasteiger charge is -2.20. The second-order valence-corrected chi connectivity index (χ2v) is 3.63. The monoisotopic (exact) mass is 209 g/mol. The molecule has 0 bridgehead atoms. The highest BCUT2D eigenvalue weighted by atomic mass is 16.3. The summed E-state index contributed by atoms with van der Waals surface area (Å²) in [7, 11) is 0. The molecule has 1 rings (SSSR count). The predicted octanol–water partition coefficient (Wildman–Crippen LogP) is 1.69. The Kier molecular flexibility index (Phi) is 5.04. The van der Waals surface area contributed by atoms with Crippen molar-refractivity contribution in [2.24, 2.45) is 5.92 Å². The molecule has 0 radical (unpaired) electrons. The predicted molar refractivity (Wildman–Crippen MR) is 60.6 cm³/mol. The highest BCUT2D eigenvalue weighted by Crippen LogP contribution is 2.13. The first-order chi connectivity index (χ1) is 7.27. The molecule has 4 nitrogen and oxygen atoms in total. The zero-order valence-corrected chi connectivity index (χ0v) is 9.35. The average Bonchev–Trinajstić information content (AvgIpc) is 2.29. The maximum atomic E-state index is 9.86. The van der Waals surface area contributed by atoms with E-state index in [2.05, 4.69) is 29.4 Å². The Morgan fingerprint density at radius 1 is 1.40 bits per heavy atom. The molecule has 4 heteroatoms. The summed E-state index contributed by atoms with van der Waals surface area (Å²) in [6, 6.07) is 3.66. The second kappa shape index (κ2) is 6.35. The molecular formula is C11H19N3O. The first-order valence-electron chi connectivity index (χ1n) is 5.47. The van der Waals surface area contributed by atoms with Gasteiger partial charge < -0.3 is 10.4 Å². The molecular weight excluding hydrogens is 190 g/mol. The largest absolute Gasteiger partial charge is 0.391 e. The minimum atomic E-state index is -0.318. The third-order valence-electron chi connectivity index (χ3n) is 2.66. The van der Waals surface area contributed by atoms with Crippen LogP contribution in [0.5, 0.6) is 0 Å². The Bertz CT molecular complexity index is 262. The topological polar surface area (TPSA) is 58.0 Å². The number of rotatable bonds is 6. The summed E-state index contributed by atoms with van der Waals surface area (Å²) in [5.74, 6) is 1.07. The zero-order valence-electron chi connectivity index (χ0n) is 9.35. The van der Waals surface area contributed by atoms with Crippen molar-refractivity contribution in [3.05, 3.63) is 18.3 Å². The Morgan fingerprint density at radius 2 is 2.13 bits per heavy atom. The summed E-state index contributed by atoms with van der Waals surface area (Å²) < 4.78 is 0. The molecule has 0 aliphatic heterocycles. The number of anilines is 1. The number of aliphatic hydroxyl groups excluding tert-OH is 1. The molecule has 1 aromatic heterocycles. The van der Waals surface area contributed by atoms with Gasteiger partial charge in [-0.15, -0.1) is 5.10 Å². The zero-order chi connectivity index (χ0) is 11.1. The van der Waals surface area contributed by atoms with Gasteiger partial charge in [-0.05, 0) is 18.1 Å². The molecule has 0 fully saturated rings. The normalized spacial score (nSPS) is 12.8. The van der Waals surface area contributed by atoms with Gasteiger partial charge in [-0.3, -0.25) is 0 Å². The number of nitrogens with zero attached hydrogens (tertiary/aromatic N) is 2. The first-order valence-corrected chi connectivity index (χ1v) is 5.47. The van der Waals surface area contributed by atoms with Gasteiger partial charge in [0.05, 0.1) is 6.10 Å². The fourth-order valence-corrected chi connectivity index (χ4v) is 1.60. The van der Waals surface area contributed by atoms with E-state index in [1.807, 2.05) is 12.1 Å². The van der Waals surface area contributed by atoms with Crippen LogP contribution in [-0.2, 0) is 0 Å². The highest BCUT2D eigenvalue weighted by molar-refractivity contribution is 5.31. The summed E-state index contributed by atoms with van der Waals surface area (Å²) in [4.78, 5) is 0. The van der Waals surface area contributed by atoms with Crippen LogP contribution in [-0.4, -0.2) is 28.0 Å². The molecule has 0 saturated heterocycles. The first kappa shape index (κ1) is 11.9. The molecule has 15 heavy (non-hydrogen) atoms. The van der Waals surface area contributed by atoms with Crippen molar-refractivity contribution >= 4 is 5.82 Å². The van der Waals surface area contributed by atoms with Crippen molar-refractivity contribution in [3.63, 3.8) is 0 Å². The van der Waals surface area contributed by atoms with Gasteiger partial charge in [0, 0.05) is 12.7 Å². The molecule has 1 aromatic rings. The van der Waals surface area contributed by atoms with E-state index in [9.17, 15) is 5.11 Å². The Hall–Kier alpha value is -1.16. The number of hydrogen-bond donors (Lipinski definition) is 2. The van der Waals surface area contributed by atoms with E-state index in [0.717, 1.165) is 12.8 Å². The van der Waals surface area contributed by atoms with E-state index < -0.39 is 0 Å². The van der Waals surface area contributed by atoms with Crippen LogP contribution in [0.2, 0.25) is 0 Å². The second-order valence-electron chi connectivity index (χ2n) is 3.63. The number of aliphatic hydroxyl groups is 1. The van der Waals surface area contributed by atoms with Crippen molar-refractivity contribution in [2.75, 3.05) is 11.9 Å². The molecule has 2 N–H and O–H groups in total. The SMILES string of the molecule is CCC(CC)C(O)CNc1cccnn1. The third-order valence-corrected chi connectivity index (χ3v) is 2.66. The summed E-state index contributed by atoms with van der Waals surface area (Å²) in [6.45, 7) is 4.73. The number of nitrogens with one attached hydrogen (secondary N) is 1. The fraction of sp³-hybridized carbons (Fsp3) is 0.636. The van der Waals surface area contributed by atoms with Crippen molar-refractivity contribution in [1.29, 1.82) is 0 Å². The Morgan fingerprint density at radius 3 is 2.67 bits per heavy atom. The van der Waals surface area contributed by atoms with Crippen LogP contribution < -0.4 is 5.32 Å². The van der Waals surface area contributed by atoms with Gasteiger partial charge in [0.1, 0.15) is 5.82 Å². The van der Waals surface area contributed by atoms with E-state index in [1.54, 1.807) is 6.20 Å². The van der Waals surface area contributed by atoms with Gasteiger partial charge in [0.15, 0.2) is 0 Å². The number of hydrogen-bond acceptors (Lipinski definition) is 4. The van der Waals surface area contributed by atoms with Crippen LogP contribution >= 0.6 is 0 Å². The highest BCUT2D eigenvalue weighted by Gasteiger charge is 2.14. The lowest BCUT2D eigenvalue weighted by molar-refractivity contribution is 0.114. The van der Waals surface area contributed by atoms with Crippen molar-refractivity contribution < 1.29 is 5.11 Å². The lowest BCUT2D eigenvalue weighted by atomic mass is 9.97. The molecule has 84 valence electrons. The van der Waals surface area contributed by atoms with Crippen LogP contribution in [0.3, 0.4) is 0 Å². The smallest absolute Gasteiger partial charge is 0.148 e. The van der Waals surface area contributed by atoms with E-state index >= 15 is 0 Å². The van der Waals surface area contributed by atoms with Gasteiger partial charge >= 0.3 is 0 Å². The van der Waals surface area contributed by atoms with E-state index in [0.29, 0.717) is 18.3 Å². The minimum Gasteiger partial charge on any atom is -0.391 e. The van der Waals surface area contributed by atoms with Crippen molar-refractivity contribution in [2.45, 2.75) is 32.8 Å².